The van der Waals surface area contributed by atoms with Crippen LogP contribution in [0, 0.1) is 6.92 Å². The van der Waals surface area contributed by atoms with Gasteiger partial charge in [-0.25, -0.2) is 15.0 Å². The maximum absolute atomic E-state index is 4.09. The fourth-order valence-corrected chi connectivity index (χ4v) is 1.07. The number of hydrogen-bond acceptors (Lipinski definition) is 4. The largest absolute Gasteiger partial charge is 0.214 e. The SMILES string of the molecule is C=Cc1nc(C)nc(SC)n1. The zero-order valence-corrected chi connectivity index (χ0v) is 7.35. The molecule has 0 saturated carbocycles. The molecule has 0 spiro atoms. The van der Waals surface area contributed by atoms with E-state index in [-0.39, 0.29) is 0 Å². The average molecular weight is 167 g/mol. The van der Waals surface area contributed by atoms with Crippen LogP contribution in [0.2, 0.25) is 0 Å². The molecule has 0 aliphatic carbocycles. The Morgan fingerprint density at radius 2 is 2.09 bits per heavy atom. The number of thioether (sulfide) groups is 1. The van der Waals surface area contributed by atoms with Crippen LogP contribution < -0.4 is 0 Å². The average Bonchev–Trinajstić information content (AvgIpc) is 2.03. The topological polar surface area (TPSA) is 38.7 Å². The van der Waals surface area contributed by atoms with Gasteiger partial charge in [-0.2, -0.15) is 0 Å². The van der Waals surface area contributed by atoms with Gasteiger partial charge in [0.15, 0.2) is 11.0 Å². The maximum Gasteiger partial charge on any atom is 0.191 e. The Balaban J connectivity index is 3.11. The maximum atomic E-state index is 4.09. The number of nitrogens with zero attached hydrogens (tertiary/aromatic N) is 3. The molecule has 0 saturated heterocycles. The molecule has 4 heteroatoms. The van der Waals surface area contributed by atoms with Gasteiger partial charge in [-0.05, 0) is 19.3 Å². The molecule has 0 aromatic carbocycles. The number of hydrogen-bond donors (Lipinski definition) is 0. The molecule has 0 radical (unpaired) electrons. The number of rotatable bonds is 2. The highest BCUT2D eigenvalue weighted by Crippen LogP contribution is 2.07. The highest BCUT2D eigenvalue weighted by molar-refractivity contribution is 7.98. The third-order valence-corrected chi connectivity index (χ3v) is 1.66. The molecule has 58 valence electrons. The Labute approximate surface area is 70.0 Å². The van der Waals surface area contributed by atoms with E-state index < -0.39 is 0 Å². The Kier molecular flexibility index (Phi) is 2.59. The van der Waals surface area contributed by atoms with Gasteiger partial charge in [0.1, 0.15) is 5.82 Å². The second-order valence-corrected chi connectivity index (χ2v) is 2.71. The lowest BCUT2D eigenvalue weighted by molar-refractivity contribution is 0.848. The van der Waals surface area contributed by atoms with Crippen LogP contribution in [0.3, 0.4) is 0 Å². The molecule has 11 heavy (non-hydrogen) atoms. The standard InChI is InChI=1S/C7H9N3S/c1-4-6-8-5(2)9-7(10-6)11-3/h4H,1H2,2-3H3. The lowest BCUT2D eigenvalue weighted by atomic mass is 10.6. The normalized spacial score (nSPS) is 9.64. The molecule has 1 heterocycles. The van der Waals surface area contributed by atoms with Gasteiger partial charge < -0.3 is 0 Å². The van der Waals surface area contributed by atoms with E-state index in [1.165, 1.54) is 11.8 Å². The molecule has 0 aliphatic heterocycles. The van der Waals surface area contributed by atoms with Crippen LogP contribution in [0.1, 0.15) is 11.6 Å². The molecule has 0 fully saturated rings. The van der Waals surface area contributed by atoms with E-state index in [0.717, 1.165) is 11.0 Å². The molecular formula is C7H9N3S. The molecule has 1 rings (SSSR count). The molecule has 0 N–H and O–H groups in total. The van der Waals surface area contributed by atoms with E-state index >= 15 is 0 Å². The second-order valence-electron chi connectivity index (χ2n) is 1.93. The minimum atomic E-state index is 0.641. The molecule has 1 aromatic heterocycles. The van der Waals surface area contributed by atoms with Crippen molar-refractivity contribution >= 4 is 17.8 Å². The minimum absolute atomic E-state index is 0.641. The zero-order chi connectivity index (χ0) is 8.27. The van der Waals surface area contributed by atoms with E-state index in [1.54, 1.807) is 6.08 Å². The molecule has 0 atom stereocenters. The summed E-state index contributed by atoms with van der Waals surface area (Å²) in [5, 5.41) is 0.743. The molecule has 1 aromatic rings. The van der Waals surface area contributed by atoms with Crippen molar-refractivity contribution in [1.82, 2.24) is 15.0 Å². The molecule has 0 unspecified atom stereocenters. The summed E-state index contributed by atoms with van der Waals surface area (Å²) in [6.07, 6.45) is 3.55. The summed E-state index contributed by atoms with van der Waals surface area (Å²) < 4.78 is 0. The first-order chi connectivity index (χ1) is 5.26. The van der Waals surface area contributed by atoms with Crippen molar-refractivity contribution in [2.24, 2.45) is 0 Å². The van der Waals surface area contributed by atoms with Crippen molar-refractivity contribution in [3.05, 3.63) is 18.2 Å². The van der Waals surface area contributed by atoms with E-state index in [0.29, 0.717) is 5.82 Å². The predicted molar refractivity (Wildman–Crippen MR) is 46.4 cm³/mol. The summed E-state index contributed by atoms with van der Waals surface area (Å²) in [5.41, 5.74) is 0. The first-order valence-electron chi connectivity index (χ1n) is 3.15. The Morgan fingerprint density at radius 1 is 1.36 bits per heavy atom. The summed E-state index contributed by atoms with van der Waals surface area (Å²) in [4.78, 5) is 12.2. The highest BCUT2D eigenvalue weighted by atomic mass is 32.2. The van der Waals surface area contributed by atoms with Crippen LogP contribution in [-0.4, -0.2) is 21.2 Å². The van der Waals surface area contributed by atoms with Crippen molar-refractivity contribution < 1.29 is 0 Å². The van der Waals surface area contributed by atoms with E-state index in [2.05, 4.69) is 21.5 Å². The van der Waals surface area contributed by atoms with Crippen LogP contribution in [-0.2, 0) is 0 Å². The monoisotopic (exact) mass is 167 g/mol. The number of aryl methyl sites for hydroxylation is 1. The van der Waals surface area contributed by atoms with Gasteiger partial charge in [0.25, 0.3) is 0 Å². The zero-order valence-electron chi connectivity index (χ0n) is 6.53. The summed E-state index contributed by atoms with van der Waals surface area (Å²) in [7, 11) is 0. The van der Waals surface area contributed by atoms with Crippen LogP contribution in [0.15, 0.2) is 11.7 Å². The van der Waals surface area contributed by atoms with Gasteiger partial charge in [0.05, 0.1) is 0 Å². The van der Waals surface area contributed by atoms with Crippen molar-refractivity contribution in [1.29, 1.82) is 0 Å². The van der Waals surface area contributed by atoms with Crippen molar-refractivity contribution in [3.63, 3.8) is 0 Å². The van der Waals surface area contributed by atoms with Crippen molar-refractivity contribution in [2.75, 3.05) is 6.26 Å². The van der Waals surface area contributed by atoms with E-state index in [4.69, 9.17) is 0 Å². The van der Waals surface area contributed by atoms with Crippen LogP contribution in [0.5, 0.6) is 0 Å². The second kappa shape index (κ2) is 3.48. The third-order valence-electron chi connectivity index (χ3n) is 1.11. The molecule has 3 nitrogen and oxygen atoms in total. The van der Waals surface area contributed by atoms with Crippen LogP contribution in [0.25, 0.3) is 6.08 Å². The van der Waals surface area contributed by atoms with Gasteiger partial charge >= 0.3 is 0 Å². The lowest BCUT2D eigenvalue weighted by Crippen LogP contribution is -1.96. The van der Waals surface area contributed by atoms with Gasteiger partial charge in [0.2, 0.25) is 0 Å². The van der Waals surface area contributed by atoms with Gasteiger partial charge in [-0.3, -0.25) is 0 Å². The molecule has 0 amide bonds. The lowest BCUT2D eigenvalue weighted by Gasteiger charge is -1.97. The number of aromatic nitrogens is 3. The highest BCUT2D eigenvalue weighted by Gasteiger charge is 1.97. The van der Waals surface area contributed by atoms with Gasteiger partial charge in [-0.15, -0.1) is 0 Å². The van der Waals surface area contributed by atoms with E-state index in [1.807, 2.05) is 13.2 Å². The smallest absolute Gasteiger partial charge is 0.191 e. The first kappa shape index (κ1) is 8.20. The minimum Gasteiger partial charge on any atom is -0.214 e. The first-order valence-corrected chi connectivity index (χ1v) is 4.38. The van der Waals surface area contributed by atoms with Crippen molar-refractivity contribution in [3.8, 4) is 0 Å². The van der Waals surface area contributed by atoms with Gasteiger partial charge in [0, 0.05) is 0 Å². The van der Waals surface area contributed by atoms with E-state index in [9.17, 15) is 0 Å². The molecule has 0 bridgehead atoms. The summed E-state index contributed by atoms with van der Waals surface area (Å²) in [6, 6.07) is 0. The Bertz CT molecular complexity index is 272. The van der Waals surface area contributed by atoms with Crippen LogP contribution in [0.4, 0.5) is 0 Å². The Morgan fingerprint density at radius 3 is 2.64 bits per heavy atom. The quantitative estimate of drug-likeness (QED) is 0.626. The van der Waals surface area contributed by atoms with Crippen LogP contribution >= 0.6 is 11.8 Å². The van der Waals surface area contributed by atoms with Gasteiger partial charge in [-0.1, -0.05) is 18.3 Å². The predicted octanol–water partition coefficient (Wildman–Crippen LogP) is 1.54. The fraction of sp³-hybridized carbons (Fsp3) is 0.286. The molecule has 0 aliphatic rings. The fourth-order valence-electron chi connectivity index (χ4n) is 0.660. The van der Waals surface area contributed by atoms with Crippen molar-refractivity contribution in [2.45, 2.75) is 12.1 Å². The Hall–Kier alpha value is -0.900. The summed E-state index contributed by atoms with van der Waals surface area (Å²) in [6.45, 7) is 5.43. The summed E-state index contributed by atoms with van der Waals surface area (Å²) in [5.74, 6) is 1.38. The third kappa shape index (κ3) is 2.01. The molecular weight excluding hydrogens is 158 g/mol. The summed E-state index contributed by atoms with van der Waals surface area (Å²) >= 11 is 1.50.